The maximum absolute atomic E-state index is 6.57. The summed E-state index contributed by atoms with van der Waals surface area (Å²) in [4.78, 5) is 0. The fourth-order valence-electron chi connectivity index (χ4n) is 2.57. The molecule has 0 unspecified atom stereocenters. The van der Waals surface area contributed by atoms with Crippen LogP contribution in [0.25, 0.3) is 5.69 Å². The summed E-state index contributed by atoms with van der Waals surface area (Å²) in [6.45, 7) is 9.11. The van der Waals surface area contributed by atoms with Gasteiger partial charge < -0.3 is 4.74 Å². The van der Waals surface area contributed by atoms with E-state index in [1.165, 1.54) is 5.56 Å². The molecule has 6 heteroatoms. The van der Waals surface area contributed by atoms with Gasteiger partial charge in [-0.1, -0.05) is 23.7 Å². The smallest absolute Gasteiger partial charge is 0.142 e. The van der Waals surface area contributed by atoms with Crippen molar-refractivity contribution >= 4 is 17.8 Å². The first-order valence-electron chi connectivity index (χ1n) is 7.75. The Hall–Kier alpha value is -1.85. The highest BCUT2D eigenvalue weighted by atomic mass is 35.5. The fraction of sp³-hybridized carbons (Fsp3) is 0.412. The number of halogens is 1. The molecule has 1 aliphatic heterocycles. The summed E-state index contributed by atoms with van der Waals surface area (Å²) < 4.78 is 7.12. The number of benzene rings is 1. The van der Waals surface area contributed by atoms with E-state index in [0.717, 1.165) is 35.6 Å². The SMILES string of the molecule is Cc1ccc(C)c(-n2nc(C)c(/C=N\N3CCOCC3)c2Cl)c1. The van der Waals surface area contributed by atoms with Crippen molar-refractivity contribution in [3.63, 3.8) is 0 Å². The number of aromatic nitrogens is 2. The van der Waals surface area contributed by atoms with Crippen LogP contribution >= 0.6 is 11.6 Å². The topological polar surface area (TPSA) is 42.7 Å². The molecule has 23 heavy (non-hydrogen) atoms. The van der Waals surface area contributed by atoms with E-state index in [1.807, 2.05) is 11.9 Å². The zero-order chi connectivity index (χ0) is 16.4. The van der Waals surface area contributed by atoms with Crippen molar-refractivity contribution in [2.45, 2.75) is 20.8 Å². The Bertz CT molecular complexity index is 732. The molecule has 2 aromatic rings. The summed E-state index contributed by atoms with van der Waals surface area (Å²) in [5, 5.41) is 11.7. The Morgan fingerprint density at radius 3 is 2.70 bits per heavy atom. The summed E-state index contributed by atoms with van der Waals surface area (Å²) in [6.07, 6.45) is 1.80. The minimum absolute atomic E-state index is 0.591. The molecular formula is C17H21ClN4O. The average molecular weight is 333 g/mol. The van der Waals surface area contributed by atoms with Crippen molar-refractivity contribution in [3.05, 3.63) is 45.7 Å². The van der Waals surface area contributed by atoms with E-state index < -0.39 is 0 Å². The van der Waals surface area contributed by atoms with E-state index in [1.54, 1.807) is 10.9 Å². The molecule has 0 saturated carbocycles. The number of hydrogen-bond donors (Lipinski definition) is 0. The van der Waals surface area contributed by atoms with Crippen LogP contribution in [-0.4, -0.2) is 47.3 Å². The number of hydrazone groups is 1. The van der Waals surface area contributed by atoms with Crippen LogP contribution in [0, 0.1) is 20.8 Å². The van der Waals surface area contributed by atoms with Gasteiger partial charge in [0.05, 0.1) is 49.5 Å². The van der Waals surface area contributed by atoms with Crippen LogP contribution in [0.3, 0.4) is 0 Å². The highest BCUT2D eigenvalue weighted by Crippen LogP contribution is 2.25. The molecule has 1 aromatic carbocycles. The quantitative estimate of drug-likeness (QED) is 0.811. The molecule has 1 aliphatic rings. The fourth-order valence-corrected chi connectivity index (χ4v) is 2.89. The second-order valence-corrected chi connectivity index (χ2v) is 6.16. The van der Waals surface area contributed by atoms with E-state index in [9.17, 15) is 0 Å². The highest BCUT2D eigenvalue weighted by Gasteiger charge is 2.15. The van der Waals surface area contributed by atoms with Gasteiger partial charge in [-0.3, -0.25) is 5.01 Å². The van der Waals surface area contributed by atoms with Gasteiger partial charge in [0.2, 0.25) is 0 Å². The Morgan fingerprint density at radius 2 is 1.96 bits per heavy atom. The number of aryl methyl sites for hydroxylation is 3. The Kier molecular flexibility index (Phi) is 4.68. The van der Waals surface area contributed by atoms with Crippen molar-refractivity contribution in [1.82, 2.24) is 14.8 Å². The lowest BCUT2D eigenvalue weighted by Gasteiger charge is -2.23. The van der Waals surface area contributed by atoms with Gasteiger partial charge in [0.1, 0.15) is 5.15 Å². The first-order chi connectivity index (χ1) is 11.1. The molecule has 122 valence electrons. The Labute approximate surface area is 141 Å². The predicted molar refractivity (Wildman–Crippen MR) is 92.8 cm³/mol. The summed E-state index contributed by atoms with van der Waals surface area (Å²) in [5.74, 6) is 0. The van der Waals surface area contributed by atoms with E-state index in [4.69, 9.17) is 16.3 Å². The molecule has 1 aromatic heterocycles. The molecule has 0 radical (unpaired) electrons. The molecule has 0 atom stereocenters. The van der Waals surface area contributed by atoms with E-state index in [2.05, 4.69) is 42.2 Å². The molecule has 1 fully saturated rings. The second kappa shape index (κ2) is 6.72. The largest absolute Gasteiger partial charge is 0.378 e. The van der Waals surface area contributed by atoms with Crippen LogP contribution in [0.1, 0.15) is 22.4 Å². The Balaban J connectivity index is 1.93. The van der Waals surface area contributed by atoms with Crippen LogP contribution in [0.5, 0.6) is 0 Å². The van der Waals surface area contributed by atoms with Gasteiger partial charge >= 0.3 is 0 Å². The van der Waals surface area contributed by atoms with Crippen molar-refractivity contribution in [2.75, 3.05) is 26.3 Å². The van der Waals surface area contributed by atoms with Crippen molar-refractivity contribution in [1.29, 1.82) is 0 Å². The molecule has 0 spiro atoms. The highest BCUT2D eigenvalue weighted by molar-refractivity contribution is 6.32. The van der Waals surface area contributed by atoms with Gasteiger partial charge in [-0.25, -0.2) is 4.68 Å². The summed E-state index contributed by atoms with van der Waals surface area (Å²) in [7, 11) is 0. The van der Waals surface area contributed by atoms with Crippen molar-refractivity contribution < 1.29 is 4.74 Å². The summed E-state index contributed by atoms with van der Waals surface area (Å²) in [6, 6.07) is 6.26. The summed E-state index contributed by atoms with van der Waals surface area (Å²) in [5.41, 5.74) is 5.05. The number of hydrogen-bond acceptors (Lipinski definition) is 4. The molecule has 2 heterocycles. The van der Waals surface area contributed by atoms with Gasteiger partial charge in [0.25, 0.3) is 0 Å². The molecule has 0 N–H and O–H groups in total. The molecule has 0 aliphatic carbocycles. The normalized spacial score (nSPS) is 15.6. The number of morpholine rings is 1. The number of nitrogens with zero attached hydrogens (tertiary/aromatic N) is 4. The summed E-state index contributed by atoms with van der Waals surface area (Å²) >= 11 is 6.57. The maximum Gasteiger partial charge on any atom is 0.142 e. The monoisotopic (exact) mass is 332 g/mol. The van der Waals surface area contributed by atoms with Gasteiger partial charge in [0.15, 0.2) is 0 Å². The van der Waals surface area contributed by atoms with E-state index in [-0.39, 0.29) is 0 Å². The molecule has 3 rings (SSSR count). The number of ether oxygens (including phenoxy) is 1. The average Bonchev–Trinajstić information content (AvgIpc) is 2.83. The third-order valence-corrected chi connectivity index (χ3v) is 4.34. The molecule has 1 saturated heterocycles. The lowest BCUT2D eigenvalue weighted by molar-refractivity contribution is 0.0397. The van der Waals surface area contributed by atoms with Gasteiger partial charge in [0, 0.05) is 0 Å². The lowest BCUT2D eigenvalue weighted by Crippen LogP contribution is -2.32. The third-order valence-electron chi connectivity index (χ3n) is 3.98. The maximum atomic E-state index is 6.57. The van der Waals surface area contributed by atoms with Gasteiger partial charge in [-0.15, -0.1) is 0 Å². The third kappa shape index (κ3) is 3.41. The Morgan fingerprint density at radius 1 is 1.22 bits per heavy atom. The second-order valence-electron chi connectivity index (χ2n) is 5.80. The van der Waals surface area contributed by atoms with Gasteiger partial charge in [-0.2, -0.15) is 10.2 Å². The van der Waals surface area contributed by atoms with Gasteiger partial charge in [-0.05, 0) is 38.0 Å². The predicted octanol–water partition coefficient (Wildman–Crippen LogP) is 3.12. The number of rotatable bonds is 3. The van der Waals surface area contributed by atoms with Crippen molar-refractivity contribution in [2.24, 2.45) is 5.10 Å². The molecule has 0 bridgehead atoms. The molecule has 5 nitrogen and oxygen atoms in total. The molecule has 0 amide bonds. The van der Waals surface area contributed by atoms with Crippen LogP contribution in [0.4, 0.5) is 0 Å². The molecular weight excluding hydrogens is 312 g/mol. The van der Waals surface area contributed by atoms with Crippen LogP contribution in [0.15, 0.2) is 23.3 Å². The first kappa shape index (κ1) is 16.0. The minimum atomic E-state index is 0.591. The standard InChI is InChI=1S/C17H21ClN4O/c1-12-4-5-13(2)16(10-12)22-17(18)15(14(3)20-22)11-19-21-6-8-23-9-7-21/h4-5,10-11H,6-9H2,1-3H3/b19-11-. The minimum Gasteiger partial charge on any atom is -0.378 e. The zero-order valence-corrected chi connectivity index (χ0v) is 14.5. The van der Waals surface area contributed by atoms with Crippen LogP contribution in [0.2, 0.25) is 5.15 Å². The van der Waals surface area contributed by atoms with E-state index >= 15 is 0 Å². The van der Waals surface area contributed by atoms with Crippen LogP contribution in [-0.2, 0) is 4.74 Å². The lowest BCUT2D eigenvalue weighted by atomic mass is 10.1. The van der Waals surface area contributed by atoms with E-state index in [0.29, 0.717) is 18.4 Å². The van der Waals surface area contributed by atoms with Crippen molar-refractivity contribution in [3.8, 4) is 5.69 Å². The first-order valence-corrected chi connectivity index (χ1v) is 8.13. The van der Waals surface area contributed by atoms with Crippen LogP contribution < -0.4 is 0 Å². The zero-order valence-electron chi connectivity index (χ0n) is 13.7.